The smallest absolute Gasteiger partial charge is 0.322 e. The van der Waals surface area contributed by atoms with Crippen LogP contribution < -0.4 is 5.32 Å². The van der Waals surface area contributed by atoms with E-state index in [1.807, 2.05) is 37.3 Å². The highest BCUT2D eigenvalue weighted by molar-refractivity contribution is 5.99. The number of para-hydroxylation sites is 1. The van der Waals surface area contributed by atoms with Crippen molar-refractivity contribution in [3.63, 3.8) is 0 Å². The standard InChI is InChI=1S/C16H19N3O3/c1-2-19(13-9-22-10-14(13)20)16(21)18-12-7-3-5-11-6-4-8-17-15(11)12/h3-8,13-14,20H,2,9-10H2,1H3,(H,18,21)/t13-,14-/m0/s1. The molecule has 2 amide bonds. The number of nitrogens with zero attached hydrogens (tertiary/aromatic N) is 2. The molecule has 0 radical (unpaired) electrons. The predicted octanol–water partition coefficient (Wildman–Crippen LogP) is 1.85. The van der Waals surface area contributed by atoms with Gasteiger partial charge in [0, 0.05) is 18.1 Å². The molecule has 6 heteroatoms. The Kier molecular flexibility index (Phi) is 4.22. The Labute approximate surface area is 128 Å². The second-order valence-electron chi connectivity index (χ2n) is 5.27. The molecule has 2 aromatic rings. The minimum absolute atomic E-state index is 0.254. The van der Waals surface area contributed by atoms with Gasteiger partial charge in [0.2, 0.25) is 0 Å². The molecule has 3 rings (SSSR count). The molecule has 2 heterocycles. The van der Waals surface area contributed by atoms with E-state index in [0.717, 1.165) is 10.9 Å². The van der Waals surface area contributed by atoms with Gasteiger partial charge in [-0.3, -0.25) is 4.98 Å². The minimum Gasteiger partial charge on any atom is -0.388 e. The highest BCUT2D eigenvalue weighted by Gasteiger charge is 2.33. The summed E-state index contributed by atoms with van der Waals surface area (Å²) in [6.45, 7) is 3.00. The lowest BCUT2D eigenvalue weighted by molar-refractivity contribution is 0.1000. The molecule has 2 atom stereocenters. The largest absolute Gasteiger partial charge is 0.388 e. The summed E-state index contributed by atoms with van der Waals surface area (Å²) >= 11 is 0. The number of benzene rings is 1. The van der Waals surface area contributed by atoms with Gasteiger partial charge in [0.15, 0.2) is 0 Å². The van der Waals surface area contributed by atoms with Crippen LogP contribution in [0.25, 0.3) is 10.9 Å². The maximum absolute atomic E-state index is 12.5. The fraction of sp³-hybridized carbons (Fsp3) is 0.375. The lowest BCUT2D eigenvalue weighted by atomic mass is 10.2. The van der Waals surface area contributed by atoms with Crippen molar-refractivity contribution < 1.29 is 14.6 Å². The maximum Gasteiger partial charge on any atom is 0.322 e. The zero-order valence-corrected chi connectivity index (χ0v) is 12.4. The lowest BCUT2D eigenvalue weighted by Gasteiger charge is -2.29. The number of ether oxygens (including phenoxy) is 1. The van der Waals surface area contributed by atoms with Crippen molar-refractivity contribution in [2.24, 2.45) is 0 Å². The molecule has 116 valence electrons. The zero-order valence-electron chi connectivity index (χ0n) is 12.4. The third-order valence-corrected chi connectivity index (χ3v) is 3.90. The van der Waals surface area contributed by atoms with Crippen LogP contribution in [0.1, 0.15) is 6.92 Å². The van der Waals surface area contributed by atoms with Gasteiger partial charge in [-0.05, 0) is 19.1 Å². The summed E-state index contributed by atoms with van der Waals surface area (Å²) in [7, 11) is 0. The molecule has 0 spiro atoms. The maximum atomic E-state index is 12.5. The van der Waals surface area contributed by atoms with Crippen LogP contribution in [-0.2, 0) is 4.74 Å². The first-order valence-corrected chi connectivity index (χ1v) is 7.38. The number of aliphatic hydroxyl groups is 1. The number of likely N-dealkylation sites (N-methyl/N-ethyl adjacent to an activating group) is 1. The van der Waals surface area contributed by atoms with Crippen molar-refractivity contribution in [1.29, 1.82) is 0 Å². The van der Waals surface area contributed by atoms with Crippen molar-refractivity contribution in [2.75, 3.05) is 25.1 Å². The van der Waals surface area contributed by atoms with E-state index in [-0.39, 0.29) is 18.7 Å². The van der Waals surface area contributed by atoms with E-state index >= 15 is 0 Å². The number of amides is 2. The molecule has 1 aliphatic heterocycles. The highest BCUT2D eigenvalue weighted by atomic mass is 16.5. The summed E-state index contributed by atoms with van der Waals surface area (Å²) in [5.41, 5.74) is 1.41. The van der Waals surface area contributed by atoms with Crippen LogP contribution in [-0.4, -0.2) is 52.9 Å². The van der Waals surface area contributed by atoms with Crippen molar-refractivity contribution >= 4 is 22.6 Å². The Hall–Kier alpha value is -2.18. The van der Waals surface area contributed by atoms with Crippen LogP contribution in [0, 0.1) is 0 Å². The number of urea groups is 1. The molecule has 1 fully saturated rings. The van der Waals surface area contributed by atoms with Crippen LogP contribution in [0.2, 0.25) is 0 Å². The minimum atomic E-state index is -0.642. The number of anilines is 1. The lowest BCUT2D eigenvalue weighted by Crippen LogP contribution is -2.48. The van der Waals surface area contributed by atoms with Crippen molar-refractivity contribution in [3.05, 3.63) is 36.5 Å². The number of hydrogen-bond donors (Lipinski definition) is 2. The monoisotopic (exact) mass is 301 g/mol. The predicted molar refractivity (Wildman–Crippen MR) is 83.8 cm³/mol. The average molecular weight is 301 g/mol. The molecule has 22 heavy (non-hydrogen) atoms. The Bertz CT molecular complexity index is 671. The van der Waals surface area contributed by atoms with Crippen molar-refractivity contribution in [1.82, 2.24) is 9.88 Å². The third-order valence-electron chi connectivity index (χ3n) is 3.90. The fourth-order valence-electron chi connectivity index (χ4n) is 2.75. The van der Waals surface area contributed by atoms with Gasteiger partial charge >= 0.3 is 6.03 Å². The quantitative estimate of drug-likeness (QED) is 0.907. The highest BCUT2D eigenvalue weighted by Crippen LogP contribution is 2.22. The molecular weight excluding hydrogens is 282 g/mol. The number of nitrogens with one attached hydrogen (secondary N) is 1. The molecule has 0 unspecified atom stereocenters. The third kappa shape index (κ3) is 2.75. The van der Waals surface area contributed by atoms with Crippen molar-refractivity contribution in [3.8, 4) is 0 Å². The van der Waals surface area contributed by atoms with Crippen LogP contribution in [0.4, 0.5) is 10.5 Å². The van der Waals surface area contributed by atoms with E-state index in [9.17, 15) is 9.90 Å². The molecule has 2 N–H and O–H groups in total. The Morgan fingerprint density at radius 2 is 2.23 bits per heavy atom. The number of hydrogen-bond acceptors (Lipinski definition) is 4. The van der Waals surface area contributed by atoms with Gasteiger partial charge < -0.3 is 20.1 Å². The summed E-state index contributed by atoms with van der Waals surface area (Å²) < 4.78 is 5.24. The Balaban J connectivity index is 1.83. The first-order chi connectivity index (χ1) is 10.7. The number of carbonyl (C=O) groups is 1. The molecule has 6 nitrogen and oxygen atoms in total. The Morgan fingerprint density at radius 1 is 1.41 bits per heavy atom. The first kappa shape index (κ1) is 14.7. The second-order valence-corrected chi connectivity index (χ2v) is 5.27. The zero-order chi connectivity index (χ0) is 15.5. The SMILES string of the molecule is CCN(C(=O)Nc1cccc2cccnc12)[C@H]1COC[C@@H]1O. The van der Waals surface area contributed by atoms with Gasteiger partial charge in [-0.25, -0.2) is 4.79 Å². The molecule has 1 aromatic heterocycles. The molecule has 1 aliphatic rings. The van der Waals surface area contributed by atoms with Gasteiger partial charge in [0.25, 0.3) is 0 Å². The van der Waals surface area contributed by atoms with E-state index in [1.54, 1.807) is 11.1 Å². The van der Waals surface area contributed by atoms with E-state index in [4.69, 9.17) is 4.74 Å². The van der Waals surface area contributed by atoms with Crippen molar-refractivity contribution in [2.45, 2.75) is 19.1 Å². The second kappa shape index (κ2) is 6.29. The van der Waals surface area contributed by atoms with Crippen LogP contribution >= 0.6 is 0 Å². The van der Waals surface area contributed by atoms with Crippen LogP contribution in [0.15, 0.2) is 36.5 Å². The number of carbonyl (C=O) groups excluding carboxylic acids is 1. The van der Waals surface area contributed by atoms with Gasteiger partial charge in [-0.2, -0.15) is 0 Å². The van der Waals surface area contributed by atoms with Gasteiger partial charge in [0.1, 0.15) is 0 Å². The summed E-state index contributed by atoms with van der Waals surface area (Å²) in [6.07, 6.45) is 1.06. The topological polar surface area (TPSA) is 74.7 Å². The van der Waals surface area contributed by atoms with E-state index in [1.165, 1.54) is 0 Å². The van der Waals surface area contributed by atoms with E-state index in [0.29, 0.717) is 18.8 Å². The van der Waals surface area contributed by atoms with Crippen LogP contribution in [0.5, 0.6) is 0 Å². The number of aromatic nitrogens is 1. The van der Waals surface area contributed by atoms with Gasteiger partial charge in [-0.1, -0.05) is 18.2 Å². The first-order valence-electron chi connectivity index (χ1n) is 7.38. The molecule has 0 bridgehead atoms. The number of aliphatic hydroxyl groups excluding tert-OH is 1. The molecule has 1 saturated heterocycles. The summed E-state index contributed by atoms with van der Waals surface area (Å²) in [4.78, 5) is 18.5. The number of rotatable bonds is 3. The van der Waals surface area contributed by atoms with E-state index in [2.05, 4.69) is 10.3 Å². The Morgan fingerprint density at radius 3 is 2.95 bits per heavy atom. The molecule has 0 aliphatic carbocycles. The van der Waals surface area contributed by atoms with Crippen LogP contribution in [0.3, 0.4) is 0 Å². The van der Waals surface area contributed by atoms with Gasteiger partial charge in [-0.15, -0.1) is 0 Å². The average Bonchev–Trinajstić information content (AvgIpc) is 2.95. The summed E-state index contributed by atoms with van der Waals surface area (Å²) in [5.74, 6) is 0. The van der Waals surface area contributed by atoms with E-state index < -0.39 is 6.10 Å². The summed E-state index contributed by atoms with van der Waals surface area (Å²) in [6, 6.07) is 8.89. The summed E-state index contributed by atoms with van der Waals surface area (Å²) in [5, 5.41) is 13.8. The molecule has 0 saturated carbocycles. The fourth-order valence-corrected chi connectivity index (χ4v) is 2.75. The van der Waals surface area contributed by atoms with Gasteiger partial charge in [0.05, 0.1) is 36.6 Å². The number of pyridine rings is 1. The normalized spacial score (nSPS) is 21.0. The number of fused-ring (bicyclic) bond motifs is 1. The molecular formula is C16H19N3O3. The molecule has 1 aromatic carbocycles.